The summed E-state index contributed by atoms with van der Waals surface area (Å²) in [5.74, 6) is -1.06. The summed E-state index contributed by atoms with van der Waals surface area (Å²) in [4.78, 5) is 24.1. The van der Waals surface area contributed by atoms with Gasteiger partial charge >= 0.3 is 12.0 Å². The molecule has 6 heteroatoms. The summed E-state index contributed by atoms with van der Waals surface area (Å²) in [6.07, 6.45) is 0. The predicted molar refractivity (Wildman–Crippen MR) is 74.5 cm³/mol. The third-order valence-electron chi connectivity index (χ3n) is 2.42. The van der Waals surface area contributed by atoms with Crippen molar-refractivity contribution in [3.05, 3.63) is 23.8 Å². The van der Waals surface area contributed by atoms with Crippen LogP contribution in [0.5, 0.6) is 0 Å². The molecule has 19 heavy (non-hydrogen) atoms. The Kier molecular flexibility index (Phi) is 4.04. The van der Waals surface area contributed by atoms with Gasteiger partial charge < -0.3 is 16.2 Å². The van der Waals surface area contributed by atoms with E-state index in [9.17, 15) is 9.59 Å². The van der Waals surface area contributed by atoms with Crippen molar-refractivity contribution < 1.29 is 14.7 Å². The molecule has 104 valence electrons. The van der Waals surface area contributed by atoms with Crippen molar-refractivity contribution in [1.29, 1.82) is 0 Å². The molecule has 1 aromatic carbocycles. The summed E-state index contributed by atoms with van der Waals surface area (Å²) in [6.45, 7) is 5.61. The lowest BCUT2D eigenvalue weighted by Gasteiger charge is -2.26. The Hall–Kier alpha value is -2.24. The van der Waals surface area contributed by atoms with Gasteiger partial charge in [-0.15, -0.1) is 0 Å². The Morgan fingerprint density at radius 2 is 1.89 bits per heavy atom. The number of nitrogens with zero attached hydrogens (tertiary/aromatic N) is 1. The summed E-state index contributed by atoms with van der Waals surface area (Å²) in [5.41, 5.74) is 6.21. The SMILES string of the molecule is CN(C(=O)NC(C)(C)C)c1ccc(C(=O)O)cc1N. The van der Waals surface area contributed by atoms with Gasteiger partial charge in [-0.05, 0) is 39.0 Å². The van der Waals surface area contributed by atoms with E-state index in [0.717, 1.165) is 0 Å². The summed E-state index contributed by atoms with van der Waals surface area (Å²) in [6, 6.07) is 3.95. The second-order valence-corrected chi connectivity index (χ2v) is 5.32. The summed E-state index contributed by atoms with van der Waals surface area (Å²) in [5, 5.41) is 11.6. The molecule has 0 aliphatic rings. The van der Waals surface area contributed by atoms with Crippen LogP contribution in [0.3, 0.4) is 0 Å². The van der Waals surface area contributed by atoms with E-state index in [1.807, 2.05) is 20.8 Å². The second kappa shape index (κ2) is 5.17. The zero-order valence-electron chi connectivity index (χ0n) is 11.5. The molecule has 1 rings (SSSR count). The quantitative estimate of drug-likeness (QED) is 0.712. The van der Waals surface area contributed by atoms with E-state index >= 15 is 0 Å². The van der Waals surface area contributed by atoms with Crippen LogP contribution in [-0.4, -0.2) is 29.7 Å². The van der Waals surface area contributed by atoms with Crippen LogP contribution in [0.2, 0.25) is 0 Å². The zero-order valence-corrected chi connectivity index (χ0v) is 11.5. The third kappa shape index (κ3) is 3.87. The fraction of sp³-hybridized carbons (Fsp3) is 0.385. The van der Waals surface area contributed by atoms with Crippen LogP contribution < -0.4 is 16.0 Å². The van der Waals surface area contributed by atoms with E-state index in [1.54, 1.807) is 7.05 Å². The van der Waals surface area contributed by atoms with Gasteiger partial charge in [0, 0.05) is 12.6 Å². The number of rotatable bonds is 2. The van der Waals surface area contributed by atoms with E-state index < -0.39 is 5.97 Å². The molecule has 0 heterocycles. The minimum atomic E-state index is -1.06. The van der Waals surface area contributed by atoms with E-state index in [-0.39, 0.29) is 22.8 Å². The monoisotopic (exact) mass is 265 g/mol. The van der Waals surface area contributed by atoms with Gasteiger partial charge in [-0.2, -0.15) is 0 Å². The molecule has 0 bridgehead atoms. The van der Waals surface area contributed by atoms with Crippen molar-refractivity contribution >= 4 is 23.4 Å². The maximum Gasteiger partial charge on any atom is 0.335 e. The van der Waals surface area contributed by atoms with Crippen LogP contribution in [-0.2, 0) is 0 Å². The summed E-state index contributed by atoms with van der Waals surface area (Å²) in [7, 11) is 1.58. The van der Waals surface area contributed by atoms with Crippen molar-refractivity contribution in [2.75, 3.05) is 17.7 Å². The highest BCUT2D eigenvalue weighted by Crippen LogP contribution is 2.23. The first kappa shape index (κ1) is 14.8. The number of nitrogens with one attached hydrogen (secondary N) is 1. The summed E-state index contributed by atoms with van der Waals surface area (Å²) >= 11 is 0. The first-order valence-electron chi connectivity index (χ1n) is 5.80. The molecule has 0 aromatic heterocycles. The number of benzene rings is 1. The van der Waals surface area contributed by atoms with E-state index in [1.165, 1.54) is 23.1 Å². The van der Waals surface area contributed by atoms with Gasteiger partial charge in [-0.3, -0.25) is 4.90 Å². The molecular weight excluding hydrogens is 246 g/mol. The largest absolute Gasteiger partial charge is 0.478 e. The zero-order chi connectivity index (χ0) is 14.8. The van der Waals surface area contributed by atoms with Crippen molar-refractivity contribution in [2.45, 2.75) is 26.3 Å². The van der Waals surface area contributed by atoms with Crippen LogP contribution in [0, 0.1) is 0 Å². The number of aromatic carboxylic acids is 1. The standard InChI is InChI=1S/C13H19N3O3/c1-13(2,3)15-12(19)16(4)10-6-5-8(11(17)18)7-9(10)14/h5-7H,14H2,1-4H3,(H,15,19)(H,17,18). The number of carbonyl (C=O) groups is 2. The van der Waals surface area contributed by atoms with Gasteiger partial charge in [0.2, 0.25) is 0 Å². The normalized spacial score (nSPS) is 10.9. The highest BCUT2D eigenvalue weighted by molar-refractivity contribution is 5.97. The Morgan fingerprint density at radius 3 is 2.32 bits per heavy atom. The molecule has 0 unspecified atom stereocenters. The first-order chi connectivity index (χ1) is 8.61. The Labute approximate surface area is 112 Å². The smallest absolute Gasteiger partial charge is 0.335 e. The van der Waals surface area contributed by atoms with Crippen molar-refractivity contribution in [1.82, 2.24) is 5.32 Å². The Balaban J connectivity index is 2.97. The van der Waals surface area contributed by atoms with Gasteiger partial charge in [0.25, 0.3) is 0 Å². The minimum absolute atomic E-state index is 0.0888. The minimum Gasteiger partial charge on any atom is -0.478 e. The number of carboxylic acid groups (broad SMARTS) is 1. The molecule has 0 aliphatic carbocycles. The van der Waals surface area contributed by atoms with E-state index in [2.05, 4.69) is 5.32 Å². The molecule has 0 saturated carbocycles. The summed E-state index contributed by atoms with van der Waals surface area (Å²) < 4.78 is 0. The topological polar surface area (TPSA) is 95.7 Å². The molecule has 2 amide bonds. The number of nitrogen functional groups attached to an aromatic ring is 1. The molecule has 4 N–H and O–H groups in total. The lowest BCUT2D eigenvalue weighted by atomic mass is 10.1. The van der Waals surface area contributed by atoms with Gasteiger partial charge in [-0.1, -0.05) is 0 Å². The molecule has 6 nitrogen and oxygen atoms in total. The van der Waals surface area contributed by atoms with Crippen LogP contribution in [0.4, 0.5) is 16.2 Å². The molecule has 0 aliphatic heterocycles. The van der Waals surface area contributed by atoms with Gasteiger partial charge in [-0.25, -0.2) is 9.59 Å². The Morgan fingerprint density at radius 1 is 1.32 bits per heavy atom. The number of hydrogen-bond acceptors (Lipinski definition) is 3. The van der Waals surface area contributed by atoms with Crippen molar-refractivity contribution in [2.24, 2.45) is 0 Å². The van der Waals surface area contributed by atoms with Crippen LogP contribution >= 0.6 is 0 Å². The van der Waals surface area contributed by atoms with Gasteiger partial charge in [0.1, 0.15) is 0 Å². The van der Waals surface area contributed by atoms with Crippen molar-refractivity contribution in [3.8, 4) is 0 Å². The number of urea groups is 1. The van der Waals surface area contributed by atoms with Crippen LogP contribution in [0.1, 0.15) is 31.1 Å². The fourth-order valence-electron chi connectivity index (χ4n) is 1.51. The maximum atomic E-state index is 12.0. The second-order valence-electron chi connectivity index (χ2n) is 5.32. The van der Waals surface area contributed by atoms with Gasteiger partial charge in [0.05, 0.1) is 16.9 Å². The van der Waals surface area contributed by atoms with Crippen molar-refractivity contribution in [3.63, 3.8) is 0 Å². The number of anilines is 2. The molecule has 0 saturated heterocycles. The lowest BCUT2D eigenvalue weighted by molar-refractivity contribution is 0.0697. The van der Waals surface area contributed by atoms with E-state index in [4.69, 9.17) is 10.8 Å². The van der Waals surface area contributed by atoms with Crippen LogP contribution in [0.25, 0.3) is 0 Å². The van der Waals surface area contributed by atoms with E-state index in [0.29, 0.717) is 5.69 Å². The number of nitrogens with two attached hydrogens (primary N) is 1. The lowest BCUT2D eigenvalue weighted by Crippen LogP contribution is -2.47. The fourth-order valence-corrected chi connectivity index (χ4v) is 1.51. The number of hydrogen-bond donors (Lipinski definition) is 3. The molecule has 0 radical (unpaired) electrons. The third-order valence-corrected chi connectivity index (χ3v) is 2.42. The molecular formula is C13H19N3O3. The average Bonchev–Trinajstić information content (AvgIpc) is 2.25. The Bertz CT molecular complexity index is 506. The van der Waals surface area contributed by atoms with Crippen LogP contribution in [0.15, 0.2) is 18.2 Å². The molecule has 0 fully saturated rings. The highest BCUT2D eigenvalue weighted by Gasteiger charge is 2.19. The first-order valence-corrected chi connectivity index (χ1v) is 5.80. The molecule has 0 atom stereocenters. The predicted octanol–water partition coefficient (Wildman–Crippen LogP) is 1.91. The van der Waals surface area contributed by atoms with Gasteiger partial charge in [0.15, 0.2) is 0 Å². The number of amides is 2. The number of carbonyl (C=O) groups excluding carboxylic acids is 1. The number of carboxylic acids is 1. The highest BCUT2D eigenvalue weighted by atomic mass is 16.4. The maximum absolute atomic E-state index is 12.0. The molecule has 0 spiro atoms. The average molecular weight is 265 g/mol. The molecule has 1 aromatic rings.